The van der Waals surface area contributed by atoms with E-state index in [-0.39, 0.29) is 29.8 Å². The third-order valence-electron chi connectivity index (χ3n) is 3.72. The molecule has 1 heterocycles. The van der Waals surface area contributed by atoms with Crippen LogP contribution in [0.5, 0.6) is 0 Å². The molecule has 0 aliphatic carbocycles. The predicted molar refractivity (Wildman–Crippen MR) is 78.6 cm³/mol. The van der Waals surface area contributed by atoms with Crippen LogP contribution in [0.25, 0.3) is 0 Å². The molecule has 0 bridgehead atoms. The van der Waals surface area contributed by atoms with Crippen molar-refractivity contribution in [3.8, 4) is 0 Å². The number of hydrogen-bond acceptors (Lipinski definition) is 5. The molecule has 7 heteroatoms. The lowest BCUT2D eigenvalue weighted by Crippen LogP contribution is -2.32. The van der Waals surface area contributed by atoms with Crippen LogP contribution in [-0.2, 0) is 0 Å². The zero-order chi connectivity index (χ0) is 15.6. The van der Waals surface area contributed by atoms with E-state index >= 15 is 0 Å². The van der Waals surface area contributed by atoms with Gasteiger partial charge in [0.15, 0.2) is 0 Å². The van der Waals surface area contributed by atoms with Crippen LogP contribution < -0.4 is 4.90 Å². The number of amides is 1. The fourth-order valence-corrected chi connectivity index (χ4v) is 2.65. The van der Waals surface area contributed by atoms with Crippen molar-refractivity contribution < 1.29 is 14.8 Å². The summed E-state index contributed by atoms with van der Waals surface area (Å²) in [6.07, 6.45) is 1.70. The van der Waals surface area contributed by atoms with E-state index in [2.05, 4.69) is 0 Å². The standard InChI is InChI=1S/C14H19N3O4/c1-15(2)14(19)10-5-6-12(13(8-10)17(20)21)16-7-3-4-11(16)9-18/h5-6,8,11,18H,3-4,7,9H2,1-2H3. The lowest BCUT2D eigenvalue weighted by atomic mass is 10.1. The Balaban J connectivity index is 2.43. The summed E-state index contributed by atoms with van der Waals surface area (Å²) in [6.45, 7) is 0.641. The van der Waals surface area contributed by atoms with Crippen LogP contribution in [-0.4, -0.2) is 54.1 Å². The summed E-state index contributed by atoms with van der Waals surface area (Å²) in [5, 5.41) is 20.7. The molecule has 0 radical (unpaired) electrons. The van der Waals surface area contributed by atoms with Gasteiger partial charge < -0.3 is 14.9 Å². The number of carbonyl (C=O) groups excluding carboxylic acids is 1. The number of aliphatic hydroxyl groups is 1. The number of anilines is 1. The van der Waals surface area contributed by atoms with Crippen molar-refractivity contribution in [3.05, 3.63) is 33.9 Å². The quantitative estimate of drug-likeness (QED) is 0.667. The van der Waals surface area contributed by atoms with Gasteiger partial charge >= 0.3 is 0 Å². The average Bonchev–Trinajstić information content (AvgIpc) is 2.93. The number of nitrogens with zero attached hydrogens (tertiary/aromatic N) is 3. The molecule has 0 aromatic heterocycles. The van der Waals surface area contributed by atoms with Gasteiger partial charge in [0, 0.05) is 32.3 Å². The number of nitro groups is 1. The molecular weight excluding hydrogens is 274 g/mol. The number of hydrogen-bond donors (Lipinski definition) is 1. The van der Waals surface area contributed by atoms with Crippen molar-refractivity contribution in [1.29, 1.82) is 0 Å². The molecule has 114 valence electrons. The molecule has 1 aromatic rings. The van der Waals surface area contributed by atoms with Gasteiger partial charge in [-0.3, -0.25) is 14.9 Å². The smallest absolute Gasteiger partial charge is 0.293 e. The van der Waals surface area contributed by atoms with Gasteiger partial charge in [0.1, 0.15) is 5.69 Å². The summed E-state index contributed by atoms with van der Waals surface area (Å²) in [6, 6.07) is 4.41. The molecule has 1 unspecified atom stereocenters. The first kappa shape index (κ1) is 15.2. The van der Waals surface area contributed by atoms with E-state index in [1.165, 1.54) is 11.0 Å². The van der Waals surface area contributed by atoms with Crippen LogP contribution in [0.1, 0.15) is 23.2 Å². The molecule has 7 nitrogen and oxygen atoms in total. The largest absolute Gasteiger partial charge is 0.394 e. The molecule has 1 atom stereocenters. The van der Waals surface area contributed by atoms with Gasteiger partial charge in [-0.15, -0.1) is 0 Å². The van der Waals surface area contributed by atoms with E-state index in [1.807, 2.05) is 4.90 Å². The highest BCUT2D eigenvalue weighted by Crippen LogP contribution is 2.34. The Labute approximate surface area is 122 Å². The van der Waals surface area contributed by atoms with E-state index in [4.69, 9.17) is 0 Å². The molecule has 1 aromatic carbocycles. The normalized spacial score (nSPS) is 17.9. The van der Waals surface area contributed by atoms with Crippen molar-refractivity contribution in [3.63, 3.8) is 0 Å². The van der Waals surface area contributed by atoms with Crippen LogP contribution in [0.3, 0.4) is 0 Å². The average molecular weight is 293 g/mol. The van der Waals surface area contributed by atoms with Crippen LogP contribution >= 0.6 is 0 Å². The number of rotatable bonds is 4. The molecule has 2 rings (SSSR count). The highest BCUT2D eigenvalue weighted by Gasteiger charge is 2.30. The molecule has 1 aliphatic heterocycles. The van der Waals surface area contributed by atoms with Crippen LogP contribution in [0.4, 0.5) is 11.4 Å². The summed E-state index contributed by atoms with van der Waals surface area (Å²) in [4.78, 5) is 26.0. The molecule has 1 N–H and O–H groups in total. The van der Waals surface area contributed by atoms with E-state index in [1.54, 1.807) is 26.2 Å². The van der Waals surface area contributed by atoms with Crippen LogP contribution in [0, 0.1) is 10.1 Å². The maximum absolute atomic E-state index is 11.9. The van der Waals surface area contributed by atoms with Gasteiger partial charge in [0.25, 0.3) is 11.6 Å². The van der Waals surface area contributed by atoms with Crippen molar-refractivity contribution >= 4 is 17.3 Å². The minimum atomic E-state index is -0.478. The highest BCUT2D eigenvalue weighted by molar-refractivity contribution is 5.95. The third-order valence-corrected chi connectivity index (χ3v) is 3.72. The first-order valence-electron chi connectivity index (χ1n) is 6.83. The molecule has 1 fully saturated rings. The van der Waals surface area contributed by atoms with Crippen molar-refractivity contribution in [1.82, 2.24) is 4.90 Å². The molecular formula is C14H19N3O4. The van der Waals surface area contributed by atoms with Crippen LogP contribution in [0.15, 0.2) is 18.2 Å². The maximum atomic E-state index is 11.9. The maximum Gasteiger partial charge on any atom is 0.293 e. The Morgan fingerprint density at radius 1 is 1.52 bits per heavy atom. The fraction of sp³-hybridized carbons (Fsp3) is 0.500. The van der Waals surface area contributed by atoms with Gasteiger partial charge in [0.05, 0.1) is 17.6 Å². The van der Waals surface area contributed by atoms with E-state index in [9.17, 15) is 20.0 Å². The lowest BCUT2D eigenvalue weighted by molar-refractivity contribution is -0.384. The zero-order valence-corrected chi connectivity index (χ0v) is 12.2. The molecule has 1 amide bonds. The van der Waals surface area contributed by atoms with Gasteiger partial charge in [-0.1, -0.05) is 0 Å². The van der Waals surface area contributed by atoms with E-state index in [0.29, 0.717) is 12.2 Å². The second kappa shape index (κ2) is 6.09. The van der Waals surface area contributed by atoms with Crippen LogP contribution in [0.2, 0.25) is 0 Å². The Morgan fingerprint density at radius 3 is 2.81 bits per heavy atom. The summed E-state index contributed by atoms with van der Waals surface area (Å²) < 4.78 is 0. The van der Waals surface area contributed by atoms with Gasteiger partial charge in [-0.25, -0.2) is 0 Å². The second-order valence-electron chi connectivity index (χ2n) is 5.33. The fourth-order valence-electron chi connectivity index (χ4n) is 2.65. The van der Waals surface area contributed by atoms with Crippen molar-refractivity contribution in [2.75, 3.05) is 32.1 Å². The second-order valence-corrected chi connectivity index (χ2v) is 5.33. The summed E-state index contributed by atoms with van der Waals surface area (Å²) in [7, 11) is 3.20. The van der Waals surface area contributed by atoms with E-state index in [0.717, 1.165) is 12.8 Å². The SMILES string of the molecule is CN(C)C(=O)c1ccc(N2CCCC2CO)c([N+](=O)[O-])c1. The molecule has 1 saturated heterocycles. The minimum absolute atomic E-state index is 0.0322. The summed E-state index contributed by atoms with van der Waals surface area (Å²) >= 11 is 0. The Morgan fingerprint density at radius 2 is 2.24 bits per heavy atom. The topological polar surface area (TPSA) is 86.9 Å². The first-order chi connectivity index (χ1) is 9.95. The van der Waals surface area contributed by atoms with Crippen molar-refractivity contribution in [2.45, 2.75) is 18.9 Å². The van der Waals surface area contributed by atoms with Crippen molar-refractivity contribution in [2.24, 2.45) is 0 Å². The molecule has 1 aliphatic rings. The first-order valence-corrected chi connectivity index (χ1v) is 6.83. The Bertz CT molecular complexity index is 559. The molecule has 0 spiro atoms. The third kappa shape index (κ3) is 2.97. The Hall–Kier alpha value is -2.15. The molecule has 21 heavy (non-hydrogen) atoms. The number of benzene rings is 1. The predicted octanol–water partition coefficient (Wildman–Crippen LogP) is 1.26. The Kier molecular flexibility index (Phi) is 4.42. The number of aliphatic hydroxyl groups excluding tert-OH is 1. The van der Waals surface area contributed by atoms with E-state index < -0.39 is 4.92 Å². The minimum Gasteiger partial charge on any atom is -0.394 e. The number of carbonyl (C=O) groups is 1. The zero-order valence-electron chi connectivity index (χ0n) is 12.2. The summed E-state index contributed by atoms with van der Waals surface area (Å²) in [5.41, 5.74) is 0.658. The van der Waals surface area contributed by atoms with Gasteiger partial charge in [-0.2, -0.15) is 0 Å². The molecule has 0 saturated carbocycles. The highest BCUT2D eigenvalue weighted by atomic mass is 16.6. The number of nitro benzene ring substituents is 1. The van der Waals surface area contributed by atoms with Gasteiger partial charge in [0.2, 0.25) is 0 Å². The monoisotopic (exact) mass is 293 g/mol. The van der Waals surface area contributed by atoms with Gasteiger partial charge in [-0.05, 0) is 25.0 Å². The summed E-state index contributed by atoms with van der Waals surface area (Å²) in [5.74, 6) is -0.273. The lowest BCUT2D eigenvalue weighted by Gasteiger charge is -2.25.